The number of rotatable bonds is 10. The van der Waals surface area contributed by atoms with E-state index < -0.39 is 0 Å². The molecule has 0 aromatic carbocycles. The van der Waals surface area contributed by atoms with Crippen LogP contribution in [0.3, 0.4) is 0 Å². The molecule has 1 aromatic heterocycles. The number of amides is 1. The van der Waals surface area contributed by atoms with Crippen molar-refractivity contribution in [3.63, 3.8) is 0 Å². The lowest BCUT2D eigenvalue weighted by Crippen LogP contribution is -2.26. The zero-order valence-electron chi connectivity index (χ0n) is 13.0. The predicted octanol–water partition coefficient (Wildman–Crippen LogP) is 2.14. The van der Waals surface area contributed by atoms with E-state index >= 15 is 0 Å². The van der Waals surface area contributed by atoms with Crippen molar-refractivity contribution in [3.8, 4) is 0 Å². The molecule has 1 amide bonds. The zero-order chi connectivity index (χ0) is 15.1. The lowest BCUT2D eigenvalue weighted by molar-refractivity contribution is -0.121. The molecule has 0 radical (unpaired) electrons. The van der Waals surface area contributed by atoms with Gasteiger partial charge in [-0.2, -0.15) is 0 Å². The summed E-state index contributed by atoms with van der Waals surface area (Å²) in [5, 5.41) is 7.49. The second kappa shape index (κ2) is 8.34. The van der Waals surface area contributed by atoms with Gasteiger partial charge in [0.15, 0.2) is 5.13 Å². The summed E-state index contributed by atoms with van der Waals surface area (Å²) in [6.07, 6.45) is 5.77. The second-order valence-electron chi connectivity index (χ2n) is 5.40. The van der Waals surface area contributed by atoms with Gasteiger partial charge in [-0.3, -0.25) is 4.79 Å². The molecule has 0 atom stereocenters. The Balaban J connectivity index is 1.58. The van der Waals surface area contributed by atoms with Gasteiger partial charge in [0.05, 0.1) is 0 Å². The van der Waals surface area contributed by atoms with Crippen LogP contribution in [-0.4, -0.2) is 36.6 Å². The molecule has 1 fully saturated rings. The van der Waals surface area contributed by atoms with Gasteiger partial charge in [0.25, 0.3) is 0 Å². The monoisotopic (exact) mass is 310 g/mol. The first-order valence-electron chi connectivity index (χ1n) is 7.92. The highest BCUT2D eigenvalue weighted by Gasteiger charge is 2.22. The number of thiazole rings is 1. The molecule has 1 aromatic rings. The Morgan fingerprint density at radius 1 is 1.43 bits per heavy atom. The third-order valence-electron chi connectivity index (χ3n) is 3.57. The maximum Gasteiger partial charge on any atom is 0.220 e. The van der Waals surface area contributed by atoms with E-state index in [2.05, 4.69) is 34.4 Å². The molecule has 0 saturated heterocycles. The first-order valence-corrected chi connectivity index (χ1v) is 8.74. The molecule has 0 aliphatic heterocycles. The zero-order valence-corrected chi connectivity index (χ0v) is 13.8. The van der Waals surface area contributed by atoms with Crippen molar-refractivity contribution in [1.29, 1.82) is 0 Å². The average Bonchev–Trinajstić information content (AvgIpc) is 3.16. The first kappa shape index (κ1) is 16.2. The van der Waals surface area contributed by atoms with E-state index in [1.165, 1.54) is 4.88 Å². The second-order valence-corrected chi connectivity index (χ2v) is 6.50. The number of anilines is 1. The number of aromatic nitrogens is 1. The van der Waals surface area contributed by atoms with Crippen molar-refractivity contribution in [2.45, 2.75) is 52.1 Å². The molecule has 0 spiro atoms. The summed E-state index contributed by atoms with van der Waals surface area (Å²) in [7, 11) is 0. The highest BCUT2D eigenvalue weighted by molar-refractivity contribution is 7.15. The topological polar surface area (TPSA) is 57.3 Å². The van der Waals surface area contributed by atoms with E-state index in [1.807, 2.05) is 6.20 Å². The molecule has 1 saturated carbocycles. The van der Waals surface area contributed by atoms with E-state index in [0.29, 0.717) is 12.5 Å². The van der Waals surface area contributed by atoms with Gasteiger partial charge >= 0.3 is 0 Å². The number of carbonyl (C=O) groups is 1. The van der Waals surface area contributed by atoms with Crippen molar-refractivity contribution in [2.75, 3.05) is 24.5 Å². The summed E-state index contributed by atoms with van der Waals surface area (Å²) in [4.78, 5) is 19.5. The summed E-state index contributed by atoms with van der Waals surface area (Å²) < 4.78 is 0. The van der Waals surface area contributed by atoms with Gasteiger partial charge < -0.3 is 15.5 Å². The Hall–Kier alpha value is -1.14. The summed E-state index contributed by atoms with van der Waals surface area (Å²) in [6.45, 7) is 7.99. The molecule has 0 unspecified atom stereocenters. The fourth-order valence-electron chi connectivity index (χ4n) is 2.13. The van der Waals surface area contributed by atoms with E-state index in [4.69, 9.17) is 0 Å². The van der Waals surface area contributed by atoms with Crippen LogP contribution in [0.15, 0.2) is 6.20 Å². The van der Waals surface area contributed by atoms with Crippen LogP contribution in [0.2, 0.25) is 0 Å². The summed E-state index contributed by atoms with van der Waals surface area (Å²) >= 11 is 1.74. The number of hydrogen-bond acceptors (Lipinski definition) is 5. The molecule has 21 heavy (non-hydrogen) atoms. The lowest BCUT2D eigenvalue weighted by Gasteiger charge is -2.16. The smallest absolute Gasteiger partial charge is 0.220 e. The number of nitrogens with one attached hydrogen (secondary N) is 2. The number of nitrogens with zero attached hydrogens (tertiary/aromatic N) is 2. The number of hydrogen-bond donors (Lipinski definition) is 2. The molecule has 5 nitrogen and oxygen atoms in total. The van der Waals surface area contributed by atoms with Crippen molar-refractivity contribution in [3.05, 3.63) is 11.1 Å². The first-order chi connectivity index (χ1) is 10.2. The Morgan fingerprint density at radius 2 is 2.19 bits per heavy atom. The molecule has 2 rings (SSSR count). The summed E-state index contributed by atoms with van der Waals surface area (Å²) in [5.41, 5.74) is 0. The van der Waals surface area contributed by atoms with Gasteiger partial charge in [-0.05, 0) is 39.7 Å². The molecule has 0 bridgehead atoms. The molecule has 6 heteroatoms. The van der Waals surface area contributed by atoms with Crippen LogP contribution in [0.4, 0.5) is 5.13 Å². The van der Waals surface area contributed by atoms with Gasteiger partial charge in [-0.25, -0.2) is 4.98 Å². The third kappa shape index (κ3) is 5.63. The van der Waals surface area contributed by atoms with Crippen molar-refractivity contribution in [1.82, 2.24) is 15.6 Å². The van der Waals surface area contributed by atoms with Crippen molar-refractivity contribution >= 4 is 22.4 Å². The SMILES string of the molecule is CCN(CC)c1ncc(CNCCCC(=O)NC2CC2)s1. The minimum atomic E-state index is 0.195. The van der Waals surface area contributed by atoms with Crippen LogP contribution >= 0.6 is 11.3 Å². The fraction of sp³-hybridized carbons (Fsp3) is 0.733. The fourth-order valence-corrected chi connectivity index (χ4v) is 3.14. The Labute approximate surface area is 131 Å². The maximum absolute atomic E-state index is 11.5. The van der Waals surface area contributed by atoms with Gasteiger partial charge in [-0.1, -0.05) is 0 Å². The standard InChI is InChI=1S/C15H26N4OS/c1-3-19(4-2)15-17-11-13(21-15)10-16-9-5-6-14(20)18-12-7-8-12/h11-12,16H,3-10H2,1-2H3,(H,18,20). The molecular weight excluding hydrogens is 284 g/mol. The average molecular weight is 310 g/mol. The van der Waals surface area contributed by atoms with Crippen molar-refractivity contribution < 1.29 is 4.79 Å². The van der Waals surface area contributed by atoms with Gasteiger partial charge in [0.2, 0.25) is 5.91 Å². The molecular formula is C15H26N4OS. The normalized spacial score (nSPS) is 14.2. The molecule has 1 aliphatic rings. The predicted molar refractivity (Wildman–Crippen MR) is 87.8 cm³/mol. The van der Waals surface area contributed by atoms with Crippen molar-refractivity contribution in [2.24, 2.45) is 0 Å². The Morgan fingerprint density at radius 3 is 2.86 bits per heavy atom. The minimum absolute atomic E-state index is 0.195. The quantitative estimate of drug-likeness (QED) is 0.650. The van der Waals surface area contributed by atoms with E-state index in [-0.39, 0.29) is 5.91 Å². The molecule has 2 N–H and O–H groups in total. The number of carbonyl (C=O) groups excluding carboxylic acids is 1. The van der Waals surface area contributed by atoms with Crippen LogP contribution < -0.4 is 15.5 Å². The lowest BCUT2D eigenvalue weighted by atomic mass is 10.3. The third-order valence-corrected chi connectivity index (χ3v) is 4.63. The maximum atomic E-state index is 11.5. The van der Waals surface area contributed by atoms with E-state index in [0.717, 1.165) is 50.6 Å². The van der Waals surface area contributed by atoms with Crippen LogP contribution in [-0.2, 0) is 11.3 Å². The van der Waals surface area contributed by atoms with Crippen LogP contribution in [0.25, 0.3) is 0 Å². The largest absolute Gasteiger partial charge is 0.353 e. The van der Waals surface area contributed by atoms with E-state index in [1.54, 1.807) is 11.3 Å². The van der Waals surface area contributed by atoms with Crippen LogP contribution in [0.5, 0.6) is 0 Å². The Kier molecular flexibility index (Phi) is 6.45. The van der Waals surface area contributed by atoms with Gasteiger partial charge in [0, 0.05) is 43.2 Å². The van der Waals surface area contributed by atoms with Gasteiger partial charge in [-0.15, -0.1) is 11.3 Å². The summed E-state index contributed by atoms with van der Waals surface area (Å²) in [5.74, 6) is 0.195. The molecule has 1 heterocycles. The minimum Gasteiger partial charge on any atom is -0.353 e. The van der Waals surface area contributed by atoms with Crippen LogP contribution in [0, 0.1) is 0 Å². The van der Waals surface area contributed by atoms with Gasteiger partial charge in [0.1, 0.15) is 0 Å². The molecule has 118 valence electrons. The highest BCUT2D eigenvalue weighted by Crippen LogP contribution is 2.22. The Bertz CT molecular complexity index is 441. The highest BCUT2D eigenvalue weighted by atomic mass is 32.1. The van der Waals surface area contributed by atoms with E-state index in [9.17, 15) is 4.79 Å². The van der Waals surface area contributed by atoms with Crippen LogP contribution in [0.1, 0.15) is 44.4 Å². The summed E-state index contributed by atoms with van der Waals surface area (Å²) in [6, 6.07) is 0.473. The molecule has 1 aliphatic carbocycles.